The fourth-order valence-electron chi connectivity index (χ4n) is 1.99. The third kappa shape index (κ3) is 4.03. The predicted octanol–water partition coefficient (Wildman–Crippen LogP) is 2.30. The highest BCUT2D eigenvalue weighted by Crippen LogP contribution is 2.19. The number of sulfonamides is 1. The van der Waals surface area contributed by atoms with Gasteiger partial charge in [-0.15, -0.1) is 0 Å². The average Bonchev–Trinajstić information content (AvgIpc) is 2.45. The maximum absolute atomic E-state index is 12.5. The third-order valence-corrected chi connectivity index (χ3v) is 4.44. The van der Waals surface area contributed by atoms with Gasteiger partial charge < -0.3 is 5.32 Å². The van der Waals surface area contributed by atoms with E-state index >= 15 is 0 Å². The number of benzene rings is 1. The molecular formula is C15H19N3O2S. The van der Waals surface area contributed by atoms with E-state index in [1.165, 1.54) is 6.20 Å². The number of nitrogens with zero attached hydrogens (tertiary/aromatic N) is 1. The normalized spacial score (nSPS) is 11.3. The second-order valence-corrected chi connectivity index (χ2v) is 6.40. The summed E-state index contributed by atoms with van der Waals surface area (Å²) in [6.45, 7) is 5.14. The quantitative estimate of drug-likeness (QED) is 0.859. The Balaban J connectivity index is 2.31. The van der Waals surface area contributed by atoms with Gasteiger partial charge in [0.2, 0.25) is 0 Å². The van der Waals surface area contributed by atoms with Crippen molar-refractivity contribution in [3.63, 3.8) is 0 Å². The lowest BCUT2D eigenvalue weighted by atomic mass is 10.2. The number of aryl methyl sites for hydroxylation is 1. The fraction of sp³-hybridized carbons (Fsp3) is 0.267. The van der Waals surface area contributed by atoms with E-state index in [0.29, 0.717) is 12.2 Å². The lowest BCUT2D eigenvalue weighted by Crippen LogP contribution is -2.19. The van der Waals surface area contributed by atoms with E-state index in [2.05, 4.69) is 15.0 Å². The fourth-order valence-corrected chi connectivity index (χ4v) is 3.27. The molecule has 1 heterocycles. The van der Waals surface area contributed by atoms with Crippen molar-refractivity contribution < 1.29 is 8.42 Å². The molecule has 6 heteroatoms. The van der Waals surface area contributed by atoms with E-state index in [1.54, 1.807) is 24.4 Å². The van der Waals surface area contributed by atoms with Crippen LogP contribution < -0.4 is 10.0 Å². The van der Waals surface area contributed by atoms with Crippen LogP contribution in [0.3, 0.4) is 0 Å². The van der Waals surface area contributed by atoms with Gasteiger partial charge in [0, 0.05) is 12.7 Å². The van der Waals surface area contributed by atoms with Gasteiger partial charge in [0.15, 0.2) is 0 Å². The smallest absolute Gasteiger partial charge is 0.262 e. The molecule has 0 unspecified atom stereocenters. The van der Waals surface area contributed by atoms with Crippen molar-refractivity contribution in [3.8, 4) is 0 Å². The van der Waals surface area contributed by atoms with Gasteiger partial charge in [-0.05, 0) is 36.7 Å². The van der Waals surface area contributed by atoms with Crippen LogP contribution in [-0.2, 0) is 16.6 Å². The summed E-state index contributed by atoms with van der Waals surface area (Å²) in [6, 6.07) is 8.72. The zero-order valence-electron chi connectivity index (χ0n) is 12.1. The number of anilines is 1. The zero-order valence-corrected chi connectivity index (χ0v) is 12.9. The molecule has 0 bridgehead atoms. The highest BCUT2D eigenvalue weighted by Gasteiger charge is 2.18. The largest absolute Gasteiger partial charge is 0.313 e. The summed E-state index contributed by atoms with van der Waals surface area (Å²) in [4.78, 5) is 4.28. The summed E-state index contributed by atoms with van der Waals surface area (Å²) in [6.07, 6.45) is 3.17. The Morgan fingerprint density at radius 2 is 1.95 bits per heavy atom. The third-order valence-electron chi connectivity index (χ3n) is 2.95. The van der Waals surface area contributed by atoms with E-state index in [-0.39, 0.29) is 4.90 Å². The summed E-state index contributed by atoms with van der Waals surface area (Å²) in [5, 5.41) is 3.15. The molecule has 112 valence electrons. The minimum atomic E-state index is -3.62. The number of aromatic nitrogens is 1. The number of hydrogen-bond acceptors (Lipinski definition) is 4. The summed E-state index contributed by atoms with van der Waals surface area (Å²) >= 11 is 0. The van der Waals surface area contributed by atoms with Crippen molar-refractivity contribution >= 4 is 15.7 Å². The minimum Gasteiger partial charge on any atom is -0.313 e. The molecule has 0 aliphatic carbocycles. The molecule has 0 aliphatic heterocycles. The molecule has 0 radical (unpaired) electrons. The van der Waals surface area contributed by atoms with Crippen molar-refractivity contribution in [2.75, 3.05) is 11.3 Å². The Labute approximate surface area is 125 Å². The van der Waals surface area contributed by atoms with Gasteiger partial charge >= 0.3 is 0 Å². The van der Waals surface area contributed by atoms with E-state index in [9.17, 15) is 8.42 Å². The Morgan fingerprint density at radius 3 is 2.67 bits per heavy atom. The lowest BCUT2D eigenvalue weighted by Gasteiger charge is -2.12. The van der Waals surface area contributed by atoms with Gasteiger partial charge in [0.25, 0.3) is 10.0 Å². The molecule has 0 aliphatic rings. The van der Waals surface area contributed by atoms with E-state index in [0.717, 1.165) is 17.7 Å². The van der Waals surface area contributed by atoms with Gasteiger partial charge in [-0.25, -0.2) is 8.42 Å². The van der Waals surface area contributed by atoms with Crippen molar-refractivity contribution in [2.45, 2.75) is 25.3 Å². The van der Waals surface area contributed by atoms with Crippen LogP contribution in [0.25, 0.3) is 0 Å². The average molecular weight is 305 g/mol. The topological polar surface area (TPSA) is 71.1 Å². The van der Waals surface area contributed by atoms with Gasteiger partial charge in [-0.2, -0.15) is 0 Å². The van der Waals surface area contributed by atoms with Crippen molar-refractivity contribution in [1.29, 1.82) is 0 Å². The van der Waals surface area contributed by atoms with Crippen LogP contribution >= 0.6 is 0 Å². The Bertz CT molecular complexity index is 714. The molecule has 2 aromatic rings. The van der Waals surface area contributed by atoms with Crippen LogP contribution in [0, 0.1) is 6.92 Å². The first-order chi connectivity index (χ1) is 10.0. The maximum Gasteiger partial charge on any atom is 0.262 e. The first-order valence-corrected chi connectivity index (χ1v) is 8.24. The first kappa shape index (κ1) is 15.5. The molecule has 0 saturated heterocycles. The summed E-state index contributed by atoms with van der Waals surface area (Å²) in [7, 11) is -3.62. The molecule has 0 saturated carbocycles. The van der Waals surface area contributed by atoms with Crippen LogP contribution in [0.5, 0.6) is 0 Å². The number of pyridine rings is 1. The second kappa shape index (κ2) is 6.69. The molecule has 2 N–H and O–H groups in total. The van der Waals surface area contributed by atoms with E-state index in [1.807, 2.05) is 26.0 Å². The van der Waals surface area contributed by atoms with E-state index < -0.39 is 10.0 Å². The molecule has 0 spiro atoms. The number of nitrogens with one attached hydrogen (secondary N) is 2. The van der Waals surface area contributed by atoms with Crippen LogP contribution in [-0.4, -0.2) is 19.9 Å². The van der Waals surface area contributed by atoms with Crippen LogP contribution in [0.1, 0.15) is 18.1 Å². The Hall–Kier alpha value is -1.92. The van der Waals surface area contributed by atoms with Crippen molar-refractivity contribution in [2.24, 2.45) is 0 Å². The summed E-state index contributed by atoms with van der Waals surface area (Å²) in [5.74, 6) is 0. The molecule has 0 atom stereocenters. The van der Waals surface area contributed by atoms with Gasteiger partial charge in [-0.1, -0.05) is 25.1 Å². The molecule has 0 fully saturated rings. The van der Waals surface area contributed by atoms with Crippen LogP contribution in [0.2, 0.25) is 0 Å². The molecule has 0 amide bonds. The standard InChI is InChI=1S/C15H19N3O2S/c1-3-16-10-13-6-4-5-7-15(13)21(19,20)18-14-8-12(2)9-17-11-14/h4-9,11,16,18H,3,10H2,1-2H3. The number of rotatable bonds is 6. The zero-order chi connectivity index (χ0) is 15.3. The highest BCUT2D eigenvalue weighted by molar-refractivity contribution is 7.92. The van der Waals surface area contributed by atoms with E-state index in [4.69, 9.17) is 0 Å². The molecular weight excluding hydrogens is 286 g/mol. The van der Waals surface area contributed by atoms with Crippen LogP contribution in [0.4, 0.5) is 5.69 Å². The van der Waals surface area contributed by atoms with Gasteiger partial charge in [-0.3, -0.25) is 9.71 Å². The second-order valence-electron chi connectivity index (χ2n) is 4.74. The highest BCUT2D eigenvalue weighted by atomic mass is 32.2. The first-order valence-electron chi connectivity index (χ1n) is 6.76. The van der Waals surface area contributed by atoms with Gasteiger partial charge in [0.05, 0.1) is 16.8 Å². The Morgan fingerprint density at radius 1 is 1.19 bits per heavy atom. The number of hydrogen-bond donors (Lipinski definition) is 2. The van der Waals surface area contributed by atoms with Crippen molar-refractivity contribution in [1.82, 2.24) is 10.3 Å². The maximum atomic E-state index is 12.5. The minimum absolute atomic E-state index is 0.285. The molecule has 1 aromatic heterocycles. The lowest BCUT2D eigenvalue weighted by molar-refractivity contribution is 0.598. The Kier molecular flexibility index (Phi) is 4.93. The predicted molar refractivity (Wildman–Crippen MR) is 83.6 cm³/mol. The van der Waals surface area contributed by atoms with Crippen molar-refractivity contribution in [3.05, 3.63) is 53.9 Å². The SMILES string of the molecule is CCNCc1ccccc1S(=O)(=O)Nc1cncc(C)c1. The van der Waals surface area contributed by atoms with Gasteiger partial charge in [0.1, 0.15) is 0 Å². The molecule has 5 nitrogen and oxygen atoms in total. The molecule has 1 aromatic carbocycles. The van der Waals surface area contributed by atoms with Crippen LogP contribution in [0.15, 0.2) is 47.6 Å². The molecule has 2 rings (SSSR count). The monoisotopic (exact) mass is 305 g/mol. The summed E-state index contributed by atoms with van der Waals surface area (Å²) < 4.78 is 27.6. The summed E-state index contributed by atoms with van der Waals surface area (Å²) in [5.41, 5.74) is 2.11. The molecule has 21 heavy (non-hydrogen) atoms.